The lowest BCUT2D eigenvalue weighted by atomic mass is 10.2. The van der Waals surface area contributed by atoms with Gasteiger partial charge in [-0.3, -0.25) is 9.69 Å². The molecule has 0 aliphatic carbocycles. The largest absolute Gasteiger partial charge is 0.497 e. The zero-order chi connectivity index (χ0) is 20.2. The number of benzene rings is 2. The molecule has 4 aromatic rings. The molecule has 0 N–H and O–H groups in total. The molecule has 2 heterocycles. The number of nitrogens with zero attached hydrogens (tertiary/aromatic N) is 4. The summed E-state index contributed by atoms with van der Waals surface area (Å²) in [6, 6.07) is 15.1. The fraction of sp³-hybridized carbons (Fsp3) is 0.0952. The number of aromatic nitrogens is 3. The maximum atomic E-state index is 13.2. The van der Waals surface area contributed by atoms with Gasteiger partial charge in [0, 0.05) is 17.8 Å². The summed E-state index contributed by atoms with van der Waals surface area (Å²) >= 11 is 1.38. The van der Waals surface area contributed by atoms with Crippen molar-refractivity contribution in [3.63, 3.8) is 0 Å². The van der Waals surface area contributed by atoms with Crippen molar-refractivity contribution in [2.75, 3.05) is 12.0 Å². The van der Waals surface area contributed by atoms with Crippen LogP contribution in [0.3, 0.4) is 0 Å². The third kappa shape index (κ3) is 4.17. The monoisotopic (exact) mass is 408 g/mol. The van der Waals surface area contributed by atoms with Gasteiger partial charge in [0.2, 0.25) is 0 Å². The van der Waals surface area contributed by atoms with Gasteiger partial charge >= 0.3 is 0 Å². The van der Waals surface area contributed by atoms with E-state index in [9.17, 15) is 9.18 Å². The molecule has 0 radical (unpaired) electrons. The van der Waals surface area contributed by atoms with Gasteiger partial charge < -0.3 is 4.74 Å². The minimum Gasteiger partial charge on any atom is -0.497 e. The van der Waals surface area contributed by atoms with Gasteiger partial charge in [0.15, 0.2) is 10.8 Å². The maximum Gasteiger partial charge on any atom is 0.280 e. The standard InChI is InChI=1S/C21H17FN4O2S/c1-28-18-8-2-15(3-9-18)14-25(21-23-11-13-29-21)20(27)19-10-12-26(24-19)17-6-4-16(22)5-7-17/h2-13H,14H2,1H3. The van der Waals surface area contributed by atoms with E-state index < -0.39 is 0 Å². The molecule has 1 amide bonds. The van der Waals surface area contributed by atoms with Gasteiger partial charge in [-0.1, -0.05) is 12.1 Å². The number of ether oxygens (including phenoxy) is 1. The lowest BCUT2D eigenvalue weighted by Crippen LogP contribution is -2.30. The molecule has 0 aliphatic rings. The summed E-state index contributed by atoms with van der Waals surface area (Å²) in [5.74, 6) is 0.155. The molecule has 0 saturated carbocycles. The van der Waals surface area contributed by atoms with Crippen LogP contribution in [0.2, 0.25) is 0 Å². The normalized spacial score (nSPS) is 10.7. The molecule has 4 rings (SSSR count). The molecule has 2 aromatic carbocycles. The number of thiazole rings is 1. The van der Waals surface area contributed by atoms with Crippen LogP contribution in [-0.2, 0) is 6.54 Å². The summed E-state index contributed by atoms with van der Waals surface area (Å²) in [6.45, 7) is 0.347. The predicted molar refractivity (Wildman–Crippen MR) is 109 cm³/mol. The van der Waals surface area contributed by atoms with E-state index in [1.165, 1.54) is 23.5 Å². The lowest BCUT2D eigenvalue weighted by Gasteiger charge is -2.19. The van der Waals surface area contributed by atoms with Crippen molar-refractivity contribution >= 4 is 22.4 Å². The van der Waals surface area contributed by atoms with E-state index in [0.29, 0.717) is 17.4 Å². The van der Waals surface area contributed by atoms with Gasteiger partial charge in [0.25, 0.3) is 5.91 Å². The first-order valence-electron chi connectivity index (χ1n) is 8.80. The Kier molecular flexibility index (Phi) is 5.35. The number of anilines is 1. The van der Waals surface area contributed by atoms with Crippen LogP contribution in [0.1, 0.15) is 16.1 Å². The molecule has 8 heteroatoms. The van der Waals surface area contributed by atoms with Crippen molar-refractivity contribution in [3.8, 4) is 11.4 Å². The number of carbonyl (C=O) groups is 1. The topological polar surface area (TPSA) is 60.2 Å². The van der Waals surface area contributed by atoms with Crippen LogP contribution >= 0.6 is 11.3 Å². The van der Waals surface area contributed by atoms with Gasteiger partial charge in [-0.15, -0.1) is 11.3 Å². The molecular weight excluding hydrogens is 391 g/mol. The molecule has 0 bridgehead atoms. The van der Waals surface area contributed by atoms with Crippen LogP contribution in [0.4, 0.5) is 9.52 Å². The average Bonchev–Trinajstić information content (AvgIpc) is 3.45. The van der Waals surface area contributed by atoms with Crippen LogP contribution in [-0.4, -0.2) is 27.8 Å². The van der Waals surface area contributed by atoms with Crippen LogP contribution in [0.5, 0.6) is 5.75 Å². The van der Waals surface area contributed by atoms with Crippen LogP contribution in [0.25, 0.3) is 5.69 Å². The molecule has 0 fully saturated rings. The Bertz CT molecular complexity index is 1090. The Morgan fingerprint density at radius 1 is 1.14 bits per heavy atom. The molecule has 2 aromatic heterocycles. The first-order valence-corrected chi connectivity index (χ1v) is 9.68. The number of halogens is 1. The molecule has 6 nitrogen and oxygen atoms in total. The first-order chi connectivity index (χ1) is 14.1. The summed E-state index contributed by atoms with van der Waals surface area (Å²) in [7, 11) is 1.61. The summed E-state index contributed by atoms with van der Waals surface area (Å²) in [6.07, 6.45) is 3.33. The summed E-state index contributed by atoms with van der Waals surface area (Å²) in [4.78, 5) is 19.1. The van der Waals surface area contributed by atoms with Gasteiger partial charge in [-0.2, -0.15) is 5.10 Å². The van der Waals surface area contributed by atoms with Crippen molar-refractivity contribution in [1.82, 2.24) is 14.8 Å². The molecule has 146 valence electrons. The quantitative estimate of drug-likeness (QED) is 0.477. The molecule has 29 heavy (non-hydrogen) atoms. The second-order valence-corrected chi connectivity index (χ2v) is 7.05. The number of carbonyl (C=O) groups excluding carboxylic acids is 1. The van der Waals surface area contributed by atoms with E-state index in [1.54, 1.807) is 47.3 Å². The van der Waals surface area contributed by atoms with Crippen molar-refractivity contribution < 1.29 is 13.9 Å². The predicted octanol–water partition coefficient (Wildman–Crippen LogP) is 4.32. The SMILES string of the molecule is COc1ccc(CN(C(=O)c2ccn(-c3ccc(F)cc3)n2)c2nccs2)cc1. The summed E-state index contributed by atoms with van der Waals surface area (Å²) in [5, 5.41) is 6.78. The summed E-state index contributed by atoms with van der Waals surface area (Å²) in [5.41, 5.74) is 1.88. The minimum atomic E-state index is -0.327. The third-order valence-corrected chi connectivity index (χ3v) is 5.09. The lowest BCUT2D eigenvalue weighted by molar-refractivity contribution is 0.0980. The highest BCUT2D eigenvalue weighted by Crippen LogP contribution is 2.23. The Balaban J connectivity index is 1.61. The number of amides is 1. The third-order valence-electron chi connectivity index (χ3n) is 4.29. The number of hydrogen-bond acceptors (Lipinski definition) is 5. The van der Waals surface area contributed by atoms with E-state index in [-0.39, 0.29) is 17.4 Å². The Morgan fingerprint density at radius 3 is 2.55 bits per heavy atom. The van der Waals surface area contributed by atoms with Crippen molar-refractivity contribution in [3.05, 3.63) is 89.4 Å². The Hall–Kier alpha value is -3.52. The highest BCUT2D eigenvalue weighted by molar-refractivity contribution is 7.13. The minimum absolute atomic E-state index is 0.267. The van der Waals surface area contributed by atoms with Gasteiger partial charge in [0.05, 0.1) is 19.3 Å². The second-order valence-electron chi connectivity index (χ2n) is 6.18. The Labute approximate surface area is 170 Å². The van der Waals surface area contributed by atoms with Gasteiger partial charge in [0.1, 0.15) is 11.6 Å². The zero-order valence-electron chi connectivity index (χ0n) is 15.5. The zero-order valence-corrected chi connectivity index (χ0v) is 16.3. The fourth-order valence-electron chi connectivity index (χ4n) is 2.80. The highest BCUT2D eigenvalue weighted by Gasteiger charge is 2.22. The van der Waals surface area contributed by atoms with Crippen LogP contribution < -0.4 is 9.64 Å². The molecule has 0 unspecified atom stereocenters. The van der Waals surface area contributed by atoms with Crippen molar-refractivity contribution in [1.29, 1.82) is 0 Å². The Morgan fingerprint density at radius 2 is 1.90 bits per heavy atom. The van der Waals surface area contributed by atoms with E-state index in [2.05, 4.69) is 10.1 Å². The second kappa shape index (κ2) is 8.24. The van der Waals surface area contributed by atoms with Crippen molar-refractivity contribution in [2.45, 2.75) is 6.54 Å². The van der Waals surface area contributed by atoms with Crippen LogP contribution in [0, 0.1) is 5.82 Å². The van der Waals surface area contributed by atoms with E-state index in [1.807, 2.05) is 29.6 Å². The van der Waals surface area contributed by atoms with Crippen LogP contribution in [0.15, 0.2) is 72.4 Å². The molecule has 0 aliphatic heterocycles. The van der Waals surface area contributed by atoms with Crippen molar-refractivity contribution in [2.24, 2.45) is 0 Å². The van der Waals surface area contributed by atoms with E-state index in [0.717, 1.165) is 11.3 Å². The molecular formula is C21H17FN4O2S. The van der Waals surface area contributed by atoms with E-state index >= 15 is 0 Å². The number of rotatable bonds is 6. The first kappa shape index (κ1) is 18.8. The van der Waals surface area contributed by atoms with Gasteiger partial charge in [-0.05, 0) is 48.0 Å². The number of methoxy groups -OCH3 is 1. The van der Waals surface area contributed by atoms with Gasteiger partial charge in [-0.25, -0.2) is 14.1 Å². The summed E-state index contributed by atoms with van der Waals surface area (Å²) < 4.78 is 19.9. The maximum absolute atomic E-state index is 13.2. The molecule has 0 spiro atoms. The fourth-order valence-corrected chi connectivity index (χ4v) is 3.44. The average molecular weight is 408 g/mol. The highest BCUT2D eigenvalue weighted by atomic mass is 32.1. The van der Waals surface area contributed by atoms with E-state index in [4.69, 9.17) is 4.74 Å². The number of hydrogen-bond donors (Lipinski definition) is 0. The molecule has 0 saturated heterocycles. The smallest absolute Gasteiger partial charge is 0.280 e. The molecule has 0 atom stereocenters.